The van der Waals surface area contributed by atoms with E-state index < -0.39 is 0 Å². The Kier molecular flexibility index (Phi) is 6.25. The lowest BCUT2D eigenvalue weighted by atomic mass is 10.2. The van der Waals surface area contributed by atoms with Gasteiger partial charge in [0.1, 0.15) is 5.75 Å². The molecule has 0 saturated heterocycles. The summed E-state index contributed by atoms with van der Waals surface area (Å²) in [7, 11) is 0. The Morgan fingerprint density at radius 3 is 2.69 bits per heavy atom. The smallest absolute Gasteiger partial charge is 0.252 e. The second-order valence-corrected chi connectivity index (χ2v) is 7.31. The van der Waals surface area contributed by atoms with Crippen LogP contribution in [-0.4, -0.2) is 21.6 Å². The molecule has 1 amide bonds. The molecule has 132 valence electrons. The number of halogens is 1. The first-order valence-electron chi connectivity index (χ1n) is 7.84. The van der Waals surface area contributed by atoms with Gasteiger partial charge in [0.15, 0.2) is 5.03 Å². The summed E-state index contributed by atoms with van der Waals surface area (Å²) < 4.78 is 6.71. The molecule has 0 bridgehead atoms. The van der Waals surface area contributed by atoms with E-state index in [2.05, 4.69) is 31.2 Å². The van der Waals surface area contributed by atoms with Gasteiger partial charge in [-0.25, -0.2) is 9.97 Å². The molecular formula is C19H16BrN3O2S. The summed E-state index contributed by atoms with van der Waals surface area (Å²) in [6.07, 6.45) is 3.14. The molecule has 0 spiro atoms. The molecule has 5 nitrogen and oxygen atoms in total. The second kappa shape index (κ2) is 8.82. The van der Waals surface area contributed by atoms with Gasteiger partial charge in [0.2, 0.25) is 5.91 Å². The zero-order valence-electron chi connectivity index (χ0n) is 14.0. The molecule has 0 radical (unpaired) electrons. The van der Waals surface area contributed by atoms with Gasteiger partial charge in [0.25, 0.3) is 5.88 Å². The number of amides is 1. The third-order valence-corrected chi connectivity index (χ3v) is 4.77. The van der Waals surface area contributed by atoms with Crippen LogP contribution in [-0.2, 0) is 4.79 Å². The summed E-state index contributed by atoms with van der Waals surface area (Å²) in [5.74, 6) is 1.14. The lowest BCUT2D eigenvalue weighted by Crippen LogP contribution is -2.14. The molecule has 26 heavy (non-hydrogen) atoms. The lowest BCUT2D eigenvalue weighted by Gasteiger charge is -2.09. The van der Waals surface area contributed by atoms with Crippen molar-refractivity contribution in [2.45, 2.75) is 11.9 Å². The van der Waals surface area contributed by atoms with Crippen molar-refractivity contribution < 1.29 is 9.53 Å². The number of aryl methyl sites for hydroxylation is 1. The number of thioether (sulfide) groups is 1. The number of carbonyl (C=O) groups is 1. The topological polar surface area (TPSA) is 64.1 Å². The van der Waals surface area contributed by atoms with E-state index in [0.29, 0.717) is 16.7 Å². The van der Waals surface area contributed by atoms with Gasteiger partial charge >= 0.3 is 0 Å². The van der Waals surface area contributed by atoms with Crippen LogP contribution in [0, 0.1) is 6.92 Å². The van der Waals surface area contributed by atoms with Gasteiger partial charge in [0.05, 0.1) is 5.75 Å². The Bertz CT molecular complexity index is 903. The Balaban J connectivity index is 1.62. The fourth-order valence-electron chi connectivity index (χ4n) is 2.10. The highest BCUT2D eigenvalue weighted by Gasteiger charge is 2.11. The van der Waals surface area contributed by atoms with Gasteiger partial charge in [-0.2, -0.15) is 0 Å². The third kappa shape index (κ3) is 5.31. The molecule has 7 heteroatoms. The van der Waals surface area contributed by atoms with Crippen LogP contribution < -0.4 is 10.1 Å². The quantitative estimate of drug-likeness (QED) is 0.554. The van der Waals surface area contributed by atoms with Gasteiger partial charge < -0.3 is 10.1 Å². The summed E-state index contributed by atoms with van der Waals surface area (Å²) >= 11 is 4.66. The standard InChI is InChI=1S/C19H16BrN3O2S/c1-13-5-7-16(8-6-13)25-18-19(22-10-9-21-18)26-12-17(24)23-15-4-2-3-14(20)11-15/h2-11H,12H2,1H3,(H,23,24). The van der Waals surface area contributed by atoms with Gasteiger partial charge in [-0.1, -0.05) is 51.5 Å². The van der Waals surface area contributed by atoms with Crippen LogP contribution in [0.4, 0.5) is 5.69 Å². The van der Waals surface area contributed by atoms with Crippen LogP contribution in [0.3, 0.4) is 0 Å². The van der Waals surface area contributed by atoms with Crippen molar-refractivity contribution in [1.82, 2.24) is 9.97 Å². The number of rotatable bonds is 6. The average Bonchev–Trinajstić information content (AvgIpc) is 2.63. The molecule has 0 saturated carbocycles. The first kappa shape index (κ1) is 18.4. The molecule has 0 aliphatic carbocycles. The molecule has 3 rings (SSSR count). The van der Waals surface area contributed by atoms with Crippen LogP contribution in [0.2, 0.25) is 0 Å². The van der Waals surface area contributed by atoms with E-state index in [1.165, 1.54) is 11.8 Å². The Labute approximate surface area is 164 Å². The third-order valence-electron chi connectivity index (χ3n) is 3.32. The molecule has 0 atom stereocenters. The summed E-state index contributed by atoms with van der Waals surface area (Å²) in [5, 5.41) is 3.42. The minimum Gasteiger partial charge on any atom is -0.437 e. The van der Waals surface area contributed by atoms with E-state index in [0.717, 1.165) is 15.7 Å². The minimum absolute atomic E-state index is 0.125. The number of nitrogens with zero attached hydrogens (tertiary/aromatic N) is 2. The largest absolute Gasteiger partial charge is 0.437 e. The first-order chi connectivity index (χ1) is 12.6. The fourth-order valence-corrected chi connectivity index (χ4v) is 3.19. The van der Waals surface area contributed by atoms with Gasteiger partial charge in [-0.05, 0) is 37.3 Å². The molecule has 2 aromatic carbocycles. The minimum atomic E-state index is -0.125. The van der Waals surface area contributed by atoms with Crippen molar-refractivity contribution in [2.24, 2.45) is 0 Å². The molecule has 1 aromatic heterocycles. The van der Waals surface area contributed by atoms with Gasteiger partial charge in [-0.3, -0.25) is 4.79 Å². The van der Waals surface area contributed by atoms with Crippen LogP contribution in [0.1, 0.15) is 5.56 Å². The summed E-state index contributed by atoms with van der Waals surface area (Å²) in [6.45, 7) is 2.01. The Morgan fingerprint density at radius 2 is 1.92 bits per heavy atom. The van der Waals surface area contributed by atoms with Crippen molar-refractivity contribution in [1.29, 1.82) is 0 Å². The fraction of sp³-hybridized carbons (Fsp3) is 0.105. The average molecular weight is 430 g/mol. The monoisotopic (exact) mass is 429 g/mol. The highest BCUT2D eigenvalue weighted by Crippen LogP contribution is 2.29. The number of nitrogens with one attached hydrogen (secondary N) is 1. The predicted molar refractivity (Wildman–Crippen MR) is 107 cm³/mol. The van der Waals surface area contributed by atoms with Gasteiger partial charge in [0, 0.05) is 22.6 Å². The van der Waals surface area contributed by atoms with E-state index in [1.807, 2.05) is 55.5 Å². The summed E-state index contributed by atoms with van der Waals surface area (Å²) in [4.78, 5) is 20.7. The van der Waals surface area contributed by atoms with Gasteiger partial charge in [-0.15, -0.1) is 0 Å². The molecule has 0 fully saturated rings. The highest BCUT2D eigenvalue weighted by atomic mass is 79.9. The Hall–Kier alpha value is -2.38. The normalized spacial score (nSPS) is 10.4. The first-order valence-corrected chi connectivity index (χ1v) is 9.62. The maximum absolute atomic E-state index is 12.2. The molecule has 0 aliphatic rings. The zero-order chi connectivity index (χ0) is 18.4. The number of anilines is 1. The van der Waals surface area contributed by atoms with E-state index >= 15 is 0 Å². The van der Waals surface area contributed by atoms with E-state index in [9.17, 15) is 4.79 Å². The summed E-state index contributed by atoms with van der Waals surface area (Å²) in [6, 6.07) is 15.1. The molecule has 0 aliphatic heterocycles. The van der Waals surface area contributed by atoms with Crippen LogP contribution in [0.25, 0.3) is 0 Å². The van der Waals surface area contributed by atoms with Crippen molar-refractivity contribution >= 4 is 39.3 Å². The maximum atomic E-state index is 12.2. The maximum Gasteiger partial charge on any atom is 0.252 e. The molecule has 1 heterocycles. The van der Waals surface area contributed by atoms with E-state index in [-0.39, 0.29) is 11.7 Å². The number of carbonyl (C=O) groups excluding carboxylic acids is 1. The number of hydrogen-bond acceptors (Lipinski definition) is 5. The number of hydrogen-bond donors (Lipinski definition) is 1. The molecule has 3 aromatic rings. The zero-order valence-corrected chi connectivity index (χ0v) is 16.4. The van der Waals surface area contributed by atoms with Crippen molar-refractivity contribution in [2.75, 3.05) is 11.1 Å². The SMILES string of the molecule is Cc1ccc(Oc2nccnc2SCC(=O)Nc2cccc(Br)c2)cc1. The predicted octanol–water partition coefficient (Wildman–Crippen LogP) is 5.07. The second-order valence-electron chi connectivity index (χ2n) is 5.43. The molecule has 0 unspecified atom stereocenters. The van der Waals surface area contributed by atoms with Crippen LogP contribution >= 0.6 is 27.7 Å². The van der Waals surface area contributed by atoms with Crippen molar-refractivity contribution in [3.05, 3.63) is 71.0 Å². The van der Waals surface area contributed by atoms with Crippen LogP contribution in [0.15, 0.2) is 70.4 Å². The molecular weight excluding hydrogens is 414 g/mol. The van der Waals surface area contributed by atoms with E-state index in [1.54, 1.807) is 12.4 Å². The van der Waals surface area contributed by atoms with Crippen molar-refractivity contribution in [3.63, 3.8) is 0 Å². The number of aromatic nitrogens is 2. The molecule has 1 N–H and O–H groups in total. The Morgan fingerprint density at radius 1 is 1.15 bits per heavy atom. The van der Waals surface area contributed by atoms with Crippen molar-refractivity contribution in [3.8, 4) is 11.6 Å². The lowest BCUT2D eigenvalue weighted by molar-refractivity contribution is -0.113. The highest BCUT2D eigenvalue weighted by molar-refractivity contribution is 9.10. The number of benzene rings is 2. The van der Waals surface area contributed by atoms with Crippen LogP contribution in [0.5, 0.6) is 11.6 Å². The van der Waals surface area contributed by atoms with E-state index in [4.69, 9.17) is 4.74 Å². The number of ether oxygens (including phenoxy) is 1. The summed E-state index contributed by atoms with van der Waals surface area (Å²) in [5.41, 5.74) is 1.88.